The Hall–Kier alpha value is -4.95. The van der Waals surface area contributed by atoms with Gasteiger partial charge in [0.1, 0.15) is 29.1 Å². The standard InChI is InChI=1S/C47H53NO10P2/c1-9-16-31-17-11-21-37(41(31)49-10-2)55-59(56-38-22-12-18-32-27-45(3,4)51-42(32)38)50-30-35-36(25-15-26-48-35)54-60(57-39-23-13-19-33-28-46(5,6)52-43(33)39)58-40-24-14-20-34-29-47(7,8)53-44(34)40/h11-15,17-26H,9-10,16,27-30H2,1-8H3. The van der Waals surface area contributed by atoms with Gasteiger partial charge in [0.05, 0.1) is 6.61 Å². The first-order chi connectivity index (χ1) is 28.8. The minimum atomic E-state index is -2.16. The largest absolute Gasteiger partial charge is 0.530 e. The lowest BCUT2D eigenvalue weighted by Gasteiger charge is -2.23. The SMILES string of the molecule is CCCc1cccc(OP(OCc2ncccc2OP(Oc2cccc3c2OC(C)(C)C3)Oc2cccc3c2OC(C)(C)C3)Oc2cccc3c2OC(C)(C)C3)c1OCC. The molecule has 0 radical (unpaired) electrons. The van der Waals surface area contributed by atoms with Crippen LogP contribution in [0.4, 0.5) is 0 Å². The van der Waals surface area contributed by atoms with Crippen LogP contribution in [0.15, 0.2) is 91.1 Å². The number of ether oxygens (including phenoxy) is 4. The summed E-state index contributed by atoms with van der Waals surface area (Å²) >= 11 is 0. The van der Waals surface area contributed by atoms with Crippen molar-refractivity contribution in [3.05, 3.63) is 119 Å². The van der Waals surface area contributed by atoms with Crippen molar-refractivity contribution in [1.29, 1.82) is 0 Å². The van der Waals surface area contributed by atoms with Crippen LogP contribution in [0, 0.1) is 0 Å². The highest BCUT2D eigenvalue weighted by atomic mass is 31.2. The topological polar surface area (TPSA) is 105 Å². The smallest absolute Gasteiger partial charge is 0.490 e. The van der Waals surface area contributed by atoms with Gasteiger partial charge in [0.15, 0.2) is 51.7 Å². The molecule has 5 aromatic rings. The molecule has 1 aromatic heterocycles. The van der Waals surface area contributed by atoms with E-state index in [-0.39, 0.29) is 23.4 Å². The minimum absolute atomic E-state index is 0.0406. The van der Waals surface area contributed by atoms with Gasteiger partial charge < -0.3 is 41.6 Å². The monoisotopic (exact) mass is 853 g/mol. The quantitative estimate of drug-likeness (QED) is 0.0835. The third kappa shape index (κ3) is 9.49. The molecule has 3 aliphatic rings. The molecule has 1 unspecified atom stereocenters. The molecule has 1 atom stereocenters. The van der Waals surface area contributed by atoms with Crippen molar-refractivity contribution in [2.24, 2.45) is 0 Å². The maximum Gasteiger partial charge on any atom is 0.530 e. The number of nitrogens with zero attached hydrogens (tertiary/aromatic N) is 1. The van der Waals surface area contributed by atoms with Gasteiger partial charge in [0.25, 0.3) is 0 Å². The summed E-state index contributed by atoms with van der Waals surface area (Å²) in [4.78, 5) is 4.70. The Morgan fingerprint density at radius 2 is 1.00 bits per heavy atom. The molecule has 13 heteroatoms. The van der Waals surface area contributed by atoms with Gasteiger partial charge in [-0.3, -0.25) is 9.51 Å². The lowest BCUT2D eigenvalue weighted by molar-refractivity contribution is 0.134. The van der Waals surface area contributed by atoms with Crippen LogP contribution in [0.2, 0.25) is 0 Å². The van der Waals surface area contributed by atoms with E-state index < -0.39 is 17.2 Å². The molecule has 60 heavy (non-hydrogen) atoms. The number of benzene rings is 4. The van der Waals surface area contributed by atoms with Crippen LogP contribution in [-0.2, 0) is 36.8 Å². The Balaban J connectivity index is 1.09. The van der Waals surface area contributed by atoms with Crippen LogP contribution >= 0.6 is 17.2 Å². The Bertz CT molecular complexity index is 2260. The molecule has 11 nitrogen and oxygen atoms in total. The number of para-hydroxylation sites is 4. The summed E-state index contributed by atoms with van der Waals surface area (Å²) in [5, 5.41) is 0. The van der Waals surface area contributed by atoms with Crippen molar-refractivity contribution < 1.29 is 46.1 Å². The summed E-state index contributed by atoms with van der Waals surface area (Å²) < 4.78 is 65.0. The second-order valence-electron chi connectivity index (χ2n) is 16.9. The minimum Gasteiger partial charge on any atom is -0.490 e. The van der Waals surface area contributed by atoms with E-state index in [2.05, 4.69) is 60.6 Å². The van der Waals surface area contributed by atoms with E-state index in [0.29, 0.717) is 64.0 Å². The van der Waals surface area contributed by atoms with Crippen LogP contribution in [0.3, 0.4) is 0 Å². The van der Waals surface area contributed by atoms with Gasteiger partial charge in [-0.15, -0.1) is 0 Å². The average Bonchev–Trinajstić information content (AvgIpc) is 3.82. The Morgan fingerprint density at radius 1 is 0.550 bits per heavy atom. The van der Waals surface area contributed by atoms with Crippen molar-refractivity contribution in [1.82, 2.24) is 4.98 Å². The molecule has 0 fully saturated rings. The second kappa shape index (κ2) is 17.2. The van der Waals surface area contributed by atoms with Gasteiger partial charge in [0, 0.05) is 42.1 Å². The van der Waals surface area contributed by atoms with Crippen LogP contribution < -0.4 is 41.6 Å². The molecule has 316 valence electrons. The number of aromatic nitrogens is 1. The first-order valence-electron chi connectivity index (χ1n) is 20.5. The van der Waals surface area contributed by atoms with Gasteiger partial charge in [-0.25, -0.2) is 0 Å². The Morgan fingerprint density at radius 3 is 1.52 bits per heavy atom. The zero-order valence-corrected chi connectivity index (χ0v) is 37.3. The van der Waals surface area contributed by atoms with E-state index in [1.165, 1.54) is 0 Å². The Labute approximate surface area is 355 Å². The predicted octanol–water partition coefficient (Wildman–Crippen LogP) is 12.2. The molecule has 8 rings (SSSR count). The third-order valence-corrected chi connectivity index (χ3v) is 12.1. The number of fused-ring (bicyclic) bond motifs is 3. The van der Waals surface area contributed by atoms with Crippen molar-refractivity contribution >= 4 is 17.2 Å². The van der Waals surface area contributed by atoms with Crippen molar-refractivity contribution in [3.8, 4) is 51.7 Å². The van der Waals surface area contributed by atoms with E-state index in [9.17, 15) is 0 Å². The summed E-state index contributed by atoms with van der Waals surface area (Å²) in [5.41, 5.74) is 3.52. The molecule has 0 saturated heterocycles. The molecular weight excluding hydrogens is 800 g/mol. The van der Waals surface area contributed by atoms with E-state index >= 15 is 0 Å². The number of hydrogen-bond acceptors (Lipinski definition) is 11. The fourth-order valence-electron chi connectivity index (χ4n) is 7.64. The zero-order valence-electron chi connectivity index (χ0n) is 35.5. The lowest BCUT2D eigenvalue weighted by Crippen LogP contribution is -2.24. The van der Waals surface area contributed by atoms with Gasteiger partial charge in [-0.05, 0) is 96.8 Å². The highest BCUT2D eigenvalue weighted by molar-refractivity contribution is 7.43. The lowest BCUT2D eigenvalue weighted by atomic mass is 10.0. The molecule has 0 N–H and O–H groups in total. The van der Waals surface area contributed by atoms with E-state index in [1.54, 1.807) is 12.3 Å². The van der Waals surface area contributed by atoms with Crippen molar-refractivity contribution in [2.75, 3.05) is 6.61 Å². The van der Waals surface area contributed by atoms with Crippen LogP contribution in [0.1, 0.15) is 89.8 Å². The van der Waals surface area contributed by atoms with Crippen molar-refractivity contribution in [2.45, 2.75) is 111 Å². The first kappa shape index (κ1) is 41.8. The van der Waals surface area contributed by atoms with E-state index in [4.69, 9.17) is 51.1 Å². The van der Waals surface area contributed by atoms with Crippen LogP contribution in [0.5, 0.6) is 51.7 Å². The van der Waals surface area contributed by atoms with Gasteiger partial charge in [-0.1, -0.05) is 61.9 Å². The van der Waals surface area contributed by atoms with E-state index in [1.807, 2.05) is 73.7 Å². The fraction of sp³-hybridized carbons (Fsp3) is 0.383. The molecular formula is C47H53NO10P2. The fourth-order valence-corrected chi connectivity index (χ4v) is 9.67. The van der Waals surface area contributed by atoms with E-state index in [0.717, 1.165) is 54.4 Å². The maximum absolute atomic E-state index is 6.68. The molecule has 0 bridgehead atoms. The summed E-state index contributed by atoms with van der Waals surface area (Å²) in [6.07, 6.45) is 5.70. The van der Waals surface area contributed by atoms with Gasteiger partial charge in [-0.2, -0.15) is 0 Å². The zero-order chi connectivity index (χ0) is 42.1. The molecule has 3 aliphatic heterocycles. The second-order valence-corrected chi connectivity index (χ2v) is 19.0. The van der Waals surface area contributed by atoms with Crippen molar-refractivity contribution in [3.63, 3.8) is 0 Å². The number of aryl methyl sites for hydroxylation is 1. The summed E-state index contributed by atoms with van der Waals surface area (Å²) in [7, 11) is -4.27. The average molecular weight is 854 g/mol. The Kier molecular flexibility index (Phi) is 12.0. The summed E-state index contributed by atoms with van der Waals surface area (Å²) in [5.74, 6) is 5.15. The molecule has 4 aromatic carbocycles. The first-order valence-corrected chi connectivity index (χ1v) is 22.7. The van der Waals surface area contributed by atoms with Gasteiger partial charge >= 0.3 is 17.2 Å². The normalized spacial score (nSPS) is 16.7. The van der Waals surface area contributed by atoms with Crippen LogP contribution in [0.25, 0.3) is 0 Å². The molecule has 0 saturated carbocycles. The van der Waals surface area contributed by atoms with Gasteiger partial charge in [0.2, 0.25) is 0 Å². The third-order valence-electron chi connectivity index (χ3n) is 10.1. The number of pyridine rings is 1. The molecule has 0 spiro atoms. The highest BCUT2D eigenvalue weighted by Crippen LogP contribution is 2.54. The summed E-state index contributed by atoms with van der Waals surface area (Å²) in [6.45, 7) is 16.9. The highest BCUT2D eigenvalue weighted by Gasteiger charge is 2.38. The molecule has 0 amide bonds. The van der Waals surface area contributed by atoms with Crippen LogP contribution in [-0.4, -0.2) is 28.4 Å². The number of hydrogen-bond donors (Lipinski definition) is 0. The summed E-state index contributed by atoms with van der Waals surface area (Å²) in [6, 6.07) is 27.1. The molecule has 0 aliphatic carbocycles. The molecule has 4 heterocycles. The number of rotatable bonds is 17. The predicted molar refractivity (Wildman–Crippen MR) is 232 cm³/mol. The maximum atomic E-state index is 6.68.